The average Bonchev–Trinajstić information content (AvgIpc) is 2.78. The Morgan fingerprint density at radius 2 is 1.91 bits per heavy atom. The van der Waals surface area contributed by atoms with E-state index >= 15 is 0 Å². The number of hydrogen-bond acceptors (Lipinski definition) is 6. The lowest BCUT2D eigenvalue weighted by molar-refractivity contribution is -0.385. The summed E-state index contributed by atoms with van der Waals surface area (Å²) in [6, 6.07) is 15.3. The van der Waals surface area contributed by atoms with Crippen molar-refractivity contribution >= 4 is 39.2 Å². The third-order valence-electron chi connectivity index (χ3n) is 4.40. The predicted octanol–water partition coefficient (Wildman–Crippen LogP) is 4.90. The van der Waals surface area contributed by atoms with Gasteiger partial charge in [-0.2, -0.15) is 0 Å². The van der Waals surface area contributed by atoms with Crippen LogP contribution in [0.25, 0.3) is 0 Å². The highest BCUT2D eigenvalue weighted by Crippen LogP contribution is 2.28. The molecule has 32 heavy (non-hydrogen) atoms. The molecule has 1 amide bonds. The molecule has 10 heteroatoms. The van der Waals surface area contributed by atoms with E-state index in [0.717, 1.165) is 0 Å². The molecule has 0 unspecified atom stereocenters. The zero-order chi connectivity index (χ0) is 23.3. The summed E-state index contributed by atoms with van der Waals surface area (Å²) < 4.78 is 11.3. The molecule has 164 valence electrons. The fourth-order valence-corrected chi connectivity index (χ4v) is 3.21. The molecule has 0 radical (unpaired) electrons. The lowest BCUT2D eigenvalue weighted by atomic mass is 10.1. The quantitative estimate of drug-likeness (QED) is 0.332. The van der Waals surface area contributed by atoms with Gasteiger partial charge in [0.2, 0.25) is 0 Å². The van der Waals surface area contributed by atoms with Crippen LogP contribution >= 0.6 is 15.9 Å². The van der Waals surface area contributed by atoms with Crippen molar-refractivity contribution < 1.29 is 29.1 Å². The number of nitrogens with one attached hydrogen (secondary N) is 1. The first-order chi connectivity index (χ1) is 15.3. The Balaban J connectivity index is 1.73. The van der Waals surface area contributed by atoms with Gasteiger partial charge in [-0.25, -0.2) is 4.79 Å². The number of amides is 1. The van der Waals surface area contributed by atoms with Gasteiger partial charge in [0.1, 0.15) is 12.4 Å². The first-order valence-electron chi connectivity index (χ1n) is 9.17. The summed E-state index contributed by atoms with van der Waals surface area (Å²) in [5, 5.41) is 22.9. The molecule has 2 N–H and O–H groups in total. The number of carboxylic acid groups (broad SMARTS) is 1. The lowest BCUT2D eigenvalue weighted by Crippen LogP contribution is -2.15. The SMILES string of the molecule is COc1cc(COc2cccc(C(=O)Nc3ccc(Br)cc3C(=O)O)c2)ccc1[N+](=O)[O-]. The molecule has 0 spiro atoms. The van der Waals surface area contributed by atoms with Crippen LogP contribution in [0, 0.1) is 10.1 Å². The summed E-state index contributed by atoms with van der Waals surface area (Å²) in [5.74, 6) is -1.16. The number of rotatable bonds is 8. The van der Waals surface area contributed by atoms with Gasteiger partial charge in [0.15, 0.2) is 5.75 Å². The number of halogens is 1. The third kappa shape index (κ3) is 5.41. The van der Waals surface area contributed by atoms with Crippen molar-refractivity contribution in [2.75, 3.05) is 12.4 Å². The second-order valence-electron chi connectivity index (χ2n) is 6.53. The molecule has 9 nitrogen and oxygen atoms in total. The smallest absolute Gasteiger partial charge is 0.337 e. The second-order valence-corrected chi connectivity index (χ2v) is 7.44. The van der Waals surface area contributed by atoms with Crippen LogP contribution in [0.2, 0.25) is 0 Å². The number of hydrogen-bond donors (Lipinski definition) is 2. The molecule has 0 fully saturated rings. The molecule has 0 saturated heterocycles. The largest absolute Gasteiger partial charge is 0.490 e. The summed E-state index contributed by atoms with van der Waals surface area (Å²) >= 11 is 3.21. The van der Waals surface area contributed by atoms with Gasteiger partial charge in [0.25, 0.3) is 5.91 Å². The normalized spacial score (nSPS) is 10.3. The van der Waals surface area contributed by atoms with Gasteiger partial charge < -0.3 is 19.9 Å². The van der Waals surface area contributed by atoms with E-state index in [-0.39, 0.29) is 34.9 Å². The van der Waals surface area contributed by atoms with Crippen LogP contribution in [0.15, 0.2) is 65.1 Å². The Bertz CT molecular complexity index is 1200. The minimum Gasteiger partial charge on any atom is -0.490 e. The van der Waals surface area contributed by atoms with Gasteiger partial charge in [0, 0.05) is 16.1 Å². The summed E-state index contributed by atoms with van der Waals surface area (Å²) in [4.78, 5) is 34.5. The molecule has 3 aromatic rings. The number of anilines is 1. The Labute approximate surface area is 190 Å². The molecule has 0 aliphatic rings. The van der Waals surface area contributed by atoms with Crippen LogP contribution in [-0.2, 0) is 6.61 Å². The number of nitrogens with zero attached hydrogens (tertiary/aromatic N) is 1. The molecule has 0 aliphatic heterocycles. The number of methoxy groups -OCH3 is 1. The average molecular weight is 501 g/mol. The van der Waals surface area contributed by atoms with Crippen molar-refractivity contribution in [1.82, 2.24) is 0 Å². The van der Waals surface area contributed by atoms with Crippen LogP contribution in [0.3, 0.4) is 0 Å². The zero-order valence-corrected chi connectivity index (χ0v) is 18.3. The number of ether oxygens (including phenoxy) is 2. The van der Waals surface area contributed by atoms with Crippen molar-refractivity contribution in [3.05, 3.63) is 91.9 Å². The van der Waals surface area contributed by atoms with Crippen LogP contribution in [0.1, 0.15) is 26.3 Å². The maximum absolute atomic E-state index is 12.6. The molecule has 0 atom stereocenters. The van der Waals surface area contributed by atoms with E-state index < -0.39 is 16.8 Å². The highest BCUT2D eigenvalue weighted by molar-refractivity contribution is 9.10. The lowest BCUT2D eigenvalue weighted by Gasteiger charge is -2.11. The Kier molecular flexibility index (Phi) is 7.06. The monoisotopic (exact) mass is 500 g/mol. The number of nitro benzene ring substituents is 1. The van der Waals surface area contributed by atoms with Gasteiger partial charge in [-0.3, -0.25) is 14.9 Å². The number of carboxylic acids is 1. The van der Waals surface area contributed by atoms with Crippen molar-refractivity contribution in [1.29, 1.82) is 0 Å². The number of carbonyl (C=O) groups is 2. The van der Waals surface area contributed by atoms with Crippen LogP contribution < -0.4 is 14.8 Å². The standard InChI is InChI=1S/C22H17BrN2O7/c1-31-20-9-13(5-8-19(20)25(29)30)12-32-16-4-2-3-14(10-16)21(26)24-18-7-6-15(23)11-17(18)22(27)28/h2-11H,12H2,1H3,(H,24,26)(H,27,28). The molecule has 0 heterocycles. The second kappa shape index (κ2) is 9.92. The minimum absolute atomic E-state index is 0.0488. The molecular formula is C22H17BrN2O7. The van der Waals surface area contributed by atoms with Gasteiger partial charge in [-0.1, -0.05) is 22.0 Å². The molecule has 0 saturated carbocycles. The van der Waals surface area contributed by atoms with E-state index in [1.54, 1.807) is 30.3 Å². The number of aromatic carboxylic acids is 1. The Morgan fingerprint density at radius 3 is 2.59 bits per heavy atom. The zero-order valence-electron chi connectivity index (χ0n) is 16.7. The topological polar surface area (TPSA) is 128 Å². The first-order valence-corrected chi connectivity index (χ1v) is 9.96. The molecule has 0 aromatic heterocycles. The van der Waals surface area contributed by atoms with Crippen molar-refractivity contribution in [2.24, 2.45) is 0 Å². The van der Waals surface area contributed by atoms with Gasteiger partial charge >= 0.3 is 11.7 Å². The summed E-state index contributed by atoms with van der Waals surface area (Å²) in [6.45, 7) is 0.0926. The van der Waals surface area contributed by atoms with E-state index in [2.05, 4.69) is 21.2 Å². The van der Waals surface area contributed by atoms with E-state index in [0.29, 0.717) is 15.8 Å². The maximum Gasteiger partial charge on any atom is 0.337 e. The van der Waals surface area contributed by atoms with Crippen molar-refractivity contribution in [3.8, 4) is 11.5 Å². The van der Waals surface area contributed by atoms with E-state index in [9.17, 15) is 24.8 Å². The number of carbonyl (C=O) groups excluding carboxylic acids is 1. The Morgan fingerprint density at radius 1 is 1.12 bits per heavy atom. The fourth-order valence-electron chi connectivity index (χ4n) is 2.85. The third-order valence-corrected chi connectivity index (χ3v) is 4.90. The Hall–Kier alpha value is -3.92. The van der Waals surface area contributed by atoms with Crippen LogP contribution in [0.4, 0.5) is 11.4 Å². The van der Waals surface area contributed by atoms with Gasteiger partial charge in [0.05, 0.1) is 23.3 Å². The number of nitro groups is 1. The van der Waals surface area contributed by atoms with Crippen molar-refractivity contribution in [3.63, 3.8) is 0 Å². The predicted molar refractivity (Wildman–Crippen MR) is 119 cm³/mol. The molecule has 0 aliphatic carbocycles. The molecular weight excluding hydrogens is 484 g/mol. The summed E-state index contributed by atoms with van der Waals surface area (Å²) in [7, 11) is 1.34. The highest BCUT2D eigenvalue weighted by Gasteiger charge is 2.16. The van der Waals surface area contributed by atoms with Crippen LogP contribution in [0.5, 0.6) is 11.5 Å². The fraction of sp³-hybridized carbons (Fsp3) is 0.0909. The van der Waals surface area contributed by atoms with Crippen LogP contribution in [-0.4, -0.2) is 29.0 Å². The number of benzene rings is 3. The minimum atomic E-state index is -1.17. The van der Waals surface area contributed by atoms with Gasteiger partial charge in [-0.05, 0) is 54.1 Å². The van der Waals surface area contributed by atoms with Crippen molar-refractivity contribution in [2.45, 2.75) is 6.61 Å². The van der Waals surface area contributed by atoms with E-state index in [4.69, 9.17) is 9.47 Å². The molecule has 3 rings (SSSR count). The van der Waals surface area contributed by atoms with E-state index in [1.165, 1.54) is 37.4 Å². The summed E-state index contributed by atoms with van der Waals surface area (Å²) in [6.07, 6.45) is 0. The van der Waals surface area contributed by atoms with E-state index in [1.807, 2.05) is 0 Å². The molecule has 0 bridgehead atoms. The highest BCUT2D eigenvalue weighted by atomic mass is 79.9. The summed E-state index contributed by atoms with van der Waals surface area (Å²) in [5.41, 5.74) is 0.872. The molecule has 3 aromatic carbocycles. The van der Waals surface area contributed by atoms with Gasteiger partial charge in [-0.15, -0.1) is 0 Å². The first kappa shape index (κ1) is 22.8. The maximum atomic E-state index is 12.6.